The summed E-state index contributed by atoms with van der Waals surface area (Å²) in [6.07, 6.45) is 34.0. The number of hydrogen-bond acceptors (Lipinski definition) is 12. The molecule has 8 atom stereocenters. The Hall–Kier alpha value is -2.71. The van der Waals surface area contributed by atoms with Gasteiger partial charge in [0, 0.05) is 12.8 Å². The number of esters is 2. The van der Waals surface area contributed by atoms with Gasteiger partial charge in [0.15, 0.2) is 6.10 Å². The largest absolute Gasteiger partial charge is 0.472 e. The van der Waals surface area contributed by atoms with Crippen molar-refractivity contribution in [2.45, 2.75) is 204 Å². The number of rotatable bonds is 37. The highest BCUT2D eigenvalue weighted by Crippen LogP contribution is 2.47. The molecular formula is C48H81O13P. The molecule has 0 heterocycles. The highest BCUT2D eigenvalue weighted by molar-refractivity contribution is 7.47. The van der Waals surface area contributed by atoms with Crippen molar-refractivity contribution in [1.29, 1.82) is 0 Å². The number of aliphatic hydroxyl groups is 5. The first-order valence-electron chi connectivity index (χ1n) is 23.2. The third-order valence-corrected chi connectivity index (χ3v) is 11.3. The van der Waals surface area contributed by atoms with E-state index in [4.69, 9.17) is 18.5 Å². The standard InChI is InChI=1S/C48H81O13P/c1-3-5-7-9-11-13-15-17-18-19-20-21-22-23-25-26-28-30-32-34-36-41(49)58-38-40(39-59-62(56,57)61-48-46(54)44(52)43(51)45(53)47(48)55)60-42(50)37-35-33-31-29-27-24-16-14-12-10-8-6-4-2/h5,7,11,13,17-18,20-21,24,27,31,33,40,43-48,51-55H,3-4,6,8-10,12,14-16,19,22-23,25-26,28-30,32,34-39H2,1-2H3,(H,56,57)/b7-5+,13-11+,18-17+,21-20+,27-24+,33-31+/t40?,43?,44-,45?,46?,47?,48?/m0/s1. The first-order valence-corrected chi connectivity index (χ1v) is 24.7. The monoisotopic (exact) mass is 897 g/mol. The Labute approximate surface area is 372 Å². The van der Waals surface area contributed by atoms with Gasteiger partial charge < -0.3 is 39.9 Å². The van der Waals surface area contributed by atoms with Crippen LogP contribution in [0.15, 0.2) is 72.9 Å². The van der Waals surface area contributed by atoms with E-state index in [-0.39, 0.29) is 12.8 Å². The minimum atomic E-state index is -5.14. The molecule has 0 aromatic rings. The van der Waals surface area contributed by atoms with Gasteiger partial charge in [-0.3, -0.25) is 18.6 Å². The van der Waals surface area contributed by atoms with Crippen molar-refractivity contribution in [3.05, 3.63) is 72.9 Å². The Morgan fingerprint density at radius 3 is 1.47 bits per heavy atom. The molecule has 1 aliphatic rings. The molecule has 0 aromatic heterocycles. The summed E-state index contributed by atoms with van der Waals surface area (Å²) in [6, 6.07) is 0. The molecule has 14 heteroatoms. The van der Waals surface area contributed by atoms with Gasteiger partial charge in [-0.1, -0.05) is 151 Å². The van der Waals surface area contributed by atoms with E-state index >= 15 is 0 Å². The first kappa shape index (κ1) is 57.3. The average molecular weight is 897 g/mol. The van der Waals surface area contributed by atoms with Gasteiger partial charge in [0.1, 0.15) is 43.2 Å². The first-order chi connectivity index (χ1) is 29.9. The van der Waals surface area contributed by atoms with Gasteiger partial charge in [-0.15, -0.1) is 0 Å². The van der Waals surface area contributed by atoms with Crippen LogP contribution in [0.25, 0.3) is 0 Å². The molecule has 0 spiro atoms. The zero-order valence-corrected chi connectivity index (χ0v) is 38.5. The van der Waals surface area contributed by atoms with Crippen LogP contribution < -0.4 is 0 Å². The summed E-state index contributed by atoms with van der Waals surface area (Å²) in [5.74, 6) is -1.20. The van der Waals surface area contributed by atoms with E-state index in [2.05, 4.69) is 74.6 Å². The third-order valence-electron chi connectivity index (χ3n) is 10.3. The molecule has 62 heavy (non-hydrogen) atoms. The highest BCUT2D eigenvalue weighted by Gasteiger charge is 2.51. The second kappa shape index (κ2) is 37.6. The topological polar surface area (TPSA) is 210 Å². The lowest BCUT2D eigenvalue weighted by Gasteiger charge is -2.41. The maximum Gasteiger partial charge on any atom is 0.472 e. The van der Waals surface area contributed by atoms with Crippen molar-refractivity contribution in [2.24, 2.45) is 0 Å². The summed E-state index contributed by atoms with van der Waals surface area (Å²) in [7, 11) is -5.14. The summed E-state index contributed by atoms with van der Waals surface area (Å²) in [5.41, 5.74) is 0. The molecule has 1 aliphatic carbocycles. The SMILES string of the molecule is CC/C=C/C/C=C/C/C=C/C/C=C/CCCCCCCCCC(=O)OCC(COP(=O)(O)OC1C(O)C(O)C(O)[C@H](O)C1O)OC(=O)CC/C=C/C/C=C/CCCCCCCC. The predicted molar refractivity (Wildman–Crippen MR) is 244 cm³/mol. The van der Waals surface area contributed by atoms with Gasteiger partial charge in [0.2, 0.25) is 0 Å². The number of allylic oxidation sites excluding steroid dienone is 12. The molecule has 7 unspecified atom stereocenters. The molecule has 1 rings (SSSR count). The van der Waals surface area contributed by atoms with Gasteiger partial charge in [-0.25, -0.2) is 4.57 Å². The lowest BCUT2D eigenvalue weighted by atomic mass is 9.85. The molecule has 356 valence electrons. The van der Waals surface area contributed by atoms with E-state index in [1.807, 2.05) is 12.2 Å². The van der Waals surface area contributed by atoms with E-state index in [1.54, 1.807) is 0 Å². The summed E-state index contributed by atoms with van der Waals surface area (Å²) < 4.78 is 33.4. The minimum absolute atomic E-state index is 0.0152. The predicted octanol–water partition coefficient (Wildman–Crippen LogP) is 9.11. The van der Waals surface area contributed by atoms with Crippen LogP contribution in [0.3, 0.4) is 0 Å². The Morgan fingerprint density at radius 2 is 0.952 bits per heavy atom. The molecule has 13 nitrogen and oxygen atoms in total. The van der Waals surface area contributed by atoms with Crippen LogP contribution in [0.4, 0.5) is 0 Å². The Morgan fingerprint density at radius 1 is 0.516 bits per heavy atom. The van der Waals surface area contributed by atoms with E-state index in [0.717, 1.165) is 83.5 Å². The van der Waals surface area contributed by atoms with Crippen molar-refractivity contribution in [1.82, 2.24) is 0 Å². The highest BCUT2D eigenvalue weighted by atomic mass is 31.2. The number of ether oxygens (including phenoxy) is 2. The van der Waals surface area contributed by atoms with Gasteiger partial charge in [0.25, 0.3) is 0 Å². The summed E-state index contributed by atoms with van der Waals surface area (Å²) in [5, 5.41) is 50.1. The summed E-state index contributed by atoms with van der Waals surface area (Å²) in [4.78, 5) is 35.6. The number of aliphatic hydroxyl groups excluding tert-OH is 5. The minimum Gasteiger partial charge on any atom is -0.462 e. The molecule has 0 aromatic carbocycles. The summed E-state index contributed by atoms with van der Waals surface area (Å²) >= 11 is 0. The Balaban J connectivity index is 2.47. The normalized spacial score (nSPS) is 22.5. The Kier molecular flexibility index (Phi) is 34.8. The average Bonchev–Trinajstić information content (AvgIpc) is 3.25. The number of carbonyl (C=O) groups is 2. The fourth-order valence-corrected chi connectivity index (χ4v) is 7.54. The van der Waals surface area contributed by atoms with Crippen LogP contribution >= 0.6 is 7.82 Å². The molecular weight excluding hydrogens is 815 g/mol. The quantitative estimate of drug-likeness (QED) is 0.0149. The fraction of sp³-hybridized carbons (Fsp3) is 0.708. The molecule has 0 radical (unpaired) electrons. The van der Waals surface area contributed by atoms with Crippen molar-refractivity contribution >= 4 is 19.8 Å². The molecule has 0 amide bonds. The molecule has 0 bridgehead atoms. The van der Waals surface area contributed by atoms with Crippen LogP contribution in [0, 0.1) is 0 Å². The van der Waals surface area contributed by atoms with Gasteiger partial charge in [0.05, 0.1) is 6.61 Å². The van der Waals surface area contributed by atoms with Crippen LogP contribution in [-0.4, -0.2) is 98.3 Å². The zero-order valence-electron chi connectivity index (χ0n) is 37.6. The number of phosphoric acid groups is 1. The van der Waals surface area contributed by atoms with Crippen molar-refractivity contribution in [3.8, 4) is 0 Å². The van der Waals surface area contributed by atoms with Crippen LogP contribution in [0.2, 0.25) is 0 Å². The number of phosphoric ester groups is 1. The van der Waals surface area contributed by atoms with Crippen LogP contribution in [-0.2, 0) is 32.7 Å². The molecule has 6 N–H and O–H groups in total. The lowest BCUT2D eigenvalue weighted by Crippen LogP contribution is -2.64. The fourth-order valence-electron chi connectivity index (χ4n) is 6.57. The van der Waals surface area contributed by atoms with Gasteiger partial charge in [-0.05, 0) is 70.6 Å². The van der Waals surface area contributed by atoms with Crippen LogP contribution in [0.5, 0.6) is 0 Å². The smallest absolute Gasteiger partial charge is 0.462 e. The molecule has 0 aliphatic heterocycles. The Bertz CT molecular complexity index is 1360. The second-order valence-corrected chi connectivity index (χ2v) is 17.3. The van der Waals surface area contributed by atoms with E-state index in [1.165, 1.54) is 38.5 Å². The third kappa shape index (κ3) is 29.6. The zero-order chi connectivity index (χ0) is 45.7. The molecule has 1 saturated carbocycles. The number of unbranched alkanes of at least 4 members (excludes halogenated alkanes) is 13. The van der Waals surface area contributed by atoms with Crippen LogP contribution in [0.1, 0.15) is 162 Å². The van der Waals surface area contributed by atoms with E-state index < -0.39 is 75.7 Å². The molecule has 0 saturated heterocycles. The van der Waals surface area contributed by atoms with Gasteiger partial charge in [-0.2, -0.15) is 0 Å². The maximum absolute atomic E-state index is 12.8. The number of carbonyl (C=O) groups excluding carboxylic acids is 2. The lowest BCUT2D eigenvalue weighted by molar-refractivity contribution is -0.220. The maximum atomic E-state index is 12.8. The second-order valence-electron chi connectivity index (χ2n) is 15.9. The summed E-state index contributed by atoms with van der Waals surface area (Å²) in [6.45, 7) is 3.11. The van der Waals surface area contributed by atoms with Crippen molar-refractivity contribution < 1.29 is 63.1 Å². The van der Waals surface area contributed by atoms with Gasteiger partial charge >= 0.3 is 19.8 Å². The number of hydrogen-bond donors (Lipinski definition) is 6. The van der Waals surface area contributed by atoms with Crippen molar-refractivity contribution in [2.75, 3.05) is 13.2 Å². The molecule has 1 fully saturated rings. The van der Waals surface area contributed by atoms with Crippen molar-refractivity contribution in [3.63, 3.8) is 0 Å². The van der Waals surface area contributed by atoms with E-state index in [9.17, 15) is 44.6 Å². The van der Waals surface area contributed by atoms with E-state index in [0.29, 0.717) is 12.8 Å².